The highest BCUT2D eigenvalue weighted by atomic mass is 35.5. The van der Waals surface area contributed by atoms with Crippen LogP contribution in [0, 0.1) is 6.92 Å². The van der Waals surface area contributed by atoms with Gasteiger partial charge in [0.25, 0.3) is 0 Å². The molecule has 2 rings (SSSR count). The molecular formula is C10H17Cl2N3OS. The minimum absolute atomic E-state index is 0. The van der Waals surface area contributed by atoms with Crippen LogP contribution in [0.25, 0.3) is 0 Å². The van der Waals surface area contributed by atoms with Crippen molar-refractivity contribution in [1.82, 2.24) is 10.3 Å². The zero-order chi connectivity index (χ0) is 10.9. The Morgan fingerprint density at radius 2 is 2.24 bits per heavy atom. The third-order valence-electron chi connectivity index (χ3n) is 2.57. The topological polar surface area (TPSA) is 68.0 Å². The van der Waals surface area contributed by atoms with Crippen LogP contribution in [0.1, 0.15) is 23.5 Å². The molecule has 17 heavy (non-hydrogen) atoms. The Kier molecular flexibility index (Phi) is 6.40. The molecule has 7 heteroatoms. The fourth-order valence-electron chi connectivity index (χ4n) is 1.36. The second kappa shape index (κ2) is 6.54. The number of rotatable bonds is 4. The summed E-state index contributed by atoms with van der Waals surface area (Å²) in [6.07, 6.45) is 2.41. The van der Waals surface area contributed by atoms with Gasteiger partial charge in [0.1, 0.15) is 0 Å². The fourth-order valence-corrected chi connectivity index (χ4v) is 2.01. The van der Waals surface area contributed by atoms with Gasteiger partial charge in [0.2, 0.25) is 5.91 Å². The number of hydrogen-bond donors (Lipinski definition) is 2. The Hall–Kier alpha value is -0.360. The Morgan fingerprint density at radius 1 is 1.59 bits per heavy atom. The first-order valence-corrected chi connectivity index (χ1v) is 5.96. The van der Waals surface area contributed by atoms with Crippen molar-refractivity contribution in [2.24, 2.45) is 5.73 Å². The average molecular weight is 298 g/mol. The summed E-state index contributed by atoms with van der Waals surface area (Å²) >= 11 is 1.63. The predicted molar refractivity (Wildman–Crippen MR) is 74.2 cm³/mol. The third-order valence-corrected chi connectivity index (χ3v) is 3.40. The molecule has 1 aromatic rings. The smallest absolute Gasteiger partial charge is 0.240 e. The molecule has 0 saturated heterocycles. The van der Waals surface area contributed by atoms with E-state index in [0.717, 1.165) is 30.0 Å². The molecule has 0 unspecified atom stereocenters. The van der Waals surface area contributed by atoms with Crippen molar-refractivity contribution in [3.05, 3.63) is 16.1 Å². The van der Waals surface area contributed by atoms with Gasteiger partial charge >= 0.3 is 0 Å². The summed E-state index contributed by atoms with van der Waals surface area (Å²) in [5, 5.41) is 5.93. The maximum absolute atomic E-state index is 11.5. The molecule has 1 aliphatic rings. The quantitative estimate of drug-likeness (QED) is 0.884. The van der Waals surface area contributed by atoms with Crippen LogP contribution in [0.5, 0.6) is 0 Å². The van der Waals surface area contributed by atoms with Gasteiger partial charge in [-0.15, -0.1) is 36.2 Å². The zero-order valence-electron chi connectivity index (χ0n) is 9.56. The summed E-state index contributed by atoms with van der Waals surface area (Å²) < 4.78 is 0. The van der Waals surface area contributed by atoms with Crippen molar-refractivity contribution in [2.45, 2.75) is 31.7 Å². The van der Waals surface area contributed by atoms with Crippen molar-refractivity contribution >= 4 is 42.1 Å². The third kappa shape index (κ3) is 4.43. The number of aromatic nitrogens is 1. The van der Waals surface area contributed by atoms with Gasteiger partial charge in [-0.2, -0.15) is 0 Å². The number of hydrogen-bond acceptors (Lipinski definition) is 4. The van der Waals surface area contributed by atoms with Crippen molar-refractivity contribution in [1.29, 1.82) is 0 Å². The van der Waals surface area contributed by atoms with Crippen LogP contribution in [0.15, 0.2) is 5.38 Å². The Labute approximate surface area is 117 Å². The molecule has 1 amide bonds. The highest BCUT2D eigenvalue weighted by Gasteiger charge is 2.45. The molecule has 1 heterocycles. The molecule has 0 aliphatic heterocycles. The first kappa shape index (κ1) is 16.6. The van der Waals surface area contributed by atoms with Gasteiger partial charge in [0.15, 0.2) is 0 Å². The summed E-state index contributed by atoms with van der Waals surface area (Å²) in [7, 11) is 0. The van der Waals surface area contributed by atoms with Gasteiger partial charge in [-0.25, -0.2) is 4.98 Å². The SMILES string of the molecule is Cc1nc(CCNC(=O)C2(N)CC2)cs1.Cl.Cl. The lowest BCUT2D eigenvalue weighted by atomic mass is 10.2. The number of carbonyl (C=O) groups excluding carboxylic acids is 1. The van der Waals surface area contributed by atoms with Gasteiger partial charge in [0.05, 0.1) is 16.2 Å². The van der Waals surface area contributed by atoms with Crippen LogP contribution in [0.3, 0.4) is 0 Å². The number of aryl methyl sites for hydroxylation is 1. The largest absolute Gasteiger partial charge is 0.354 e. The van der Waals surface area contributed by atoms with Gasteiger partial charge in [0, 0.05) is 18.3 Å². The summed E-state index contributed by atoms with van der Waals surface area (Å²) in [5.74, 6) is -0.0190. The molecule has 1 saturated carbocycles. The van der Waals surface area contributed by atoms with E-state index < -0.39 is 5.54 Å². The lowest BCUT2D eigenvalue weighted by Gasteiger charge is -2.08. The molecular weight excluding hydrogens is 281 g/mol. The summed E-state index contributed by atoms with van der Waals surface area (Å²) in [5.41, 5.74) is 6.23. The van der Waals surface area contributed by atoms with Crippen LogP contribution in [0.2, 0.25) is 0 Å². The highest BCUT2D eigenvalue weighted by Crippen LogP contribution is 2.31. The van der Waals surface area contributed by atoms with E-state index in [1.54, 1.807) is 11.3 Å². The molecule has 0 aromatic carbocycles. The normalized spacial score (nSPS) is 15.4. The molecule has 0 bridgehead atoms. The van der Waals surface area contributed by atoms with Gasteiger partial charge < -0.3 is 11.1 Å². The number of carbonyl (C=O) groups is 1. The molecule has 0 radical (unpaired) electrons. The van der Waals surface area contributed by atoms with E-state index in [-0.39, 0.29) is 30.7 Å². The molecule has 1 fully saturated rings. The maximum Gasteiger partial charge on any atom is 0.240 e. The molecule has 4 nitrogen and oxygen atoms in total. The van der Waals surface area contributed by atoms with Crippen LogP contribution >= 0.6 is 36.2 Å². The first-order valence-electron chi connectivity index (χ1n) is 5.08. The Bertz CT molecular complexity index is 379. The van der Waals surface area contributed by atoms with Crippen molar-refractivity contribution in [2.75, 3.05) is 6.54 Å². The molecule has 0 spiro atoms. The standard InChI is InChI=1S/C10H15N3OS.2ClH/c1-7-13-8(6-15-7)2-5-12-9(14)10(11)3-4-10;;/h6H,2-5,11H2,1H3,(H,12,14);2*1H. The van der Waals surface area contributed by atoms with E-state index in [4.69, 9.17) is 5.73 Å². The number of nitrogens with two attached hydrogens (primary N) is 1. The van der Waals surface area contributed by atoms with E-state index in [1.807, 2.05) is 12.3 Å². The minimum atomic E-state index is -0.558. The van der Waals surface area contributed by atoms with Gasteiger partial charge in [-0.1, -0.05) is 0 Å². The summed E-state index contributed by atoms with van der Waals surface area (Å²) in [6.45, 7) is 2.60. The molecule has 1 aliphatic carbocycles. The lowest BCUT2D eigenvalue weighted by molar-refractivity contribution is -0.123. The minimum Gasteiger partial charge on any atom is -0.354 e. The number of halogens is 2. The Morgan fingerprint density at radius 3 is 2.71 bits per heavy atom. The molecule has 98 valence electrons. The Balaban J connectivity index is 0.00000128. The number of amides is 1. The van der Waals surface area contributed by atoms with Crippen molar-refractivity contribution in [3.63, 3.8) is 0 Å². The number of nitrogens with one attached hydrogen (secondary N) is 1. The van der Waals surface area contributed by atoms with E-state index in [9.17, 15) is 4.79 Å². The first-order chi connectivity index (χ1) is 7.10. The summed E-state index contributed by atoms with van der Waals surface area (Å²) in [6, 6.07) is 0. The molecule has 1 aromatic heterocycles. The molecule has 0 atom stereocenters. The highest BCUT2D eigenvalue weighted by molar-refractivity contribution is 7.09. The van der Waals surface area contributed by atoms with Crippen LogP contribution in [-0.2, 0) is 11.2 Å². The summed E-state index contributed by atoms with van der Waals surface area (Å²) in [4.78, 5) is 15.8. The van der Waals surface area contributed by atoms with E-state index in [1.165, 1.54) is 0 Å². The second-order valence-corrected chi connectivity index (χ2v) is 5.08. The van der Waals surface area contributed by atoms with Crippen LogP contribution in [-0.4, -0.2) is 23.0 Å². The maximum atomic E-state index is 11.5. The van der Waals surface area contributed by atoms with Gasteiger partial charge in [-0.3, -0.25) is 4.79 Å². The number of thiazole rings is 1. The van der Waals surface area contributed by atoms with E-state index >= 15 is 0 Å². The number of nitrogens with zero attached hydrogens (tertiary/aromatic N) is 1. The predicted octanol–water partition coefficient (Wildman–Crippen LogP) is 1.45. The van der Waals surface area contributed by atoms with Crippen LogP contribution < -0.4 is 11.1 Å². The van der Waals surface area contributed by atoms with Crippen LogP contribution in [0.4, 0.5) is 0 Å². The van der Waals surface area contributed by atoms with Crippen molar-refractivity contribution in [3.8, 4) is 0 Å². The zero-order valence-corrected chi connectivity index (χ0v) is 12.0. The molecule has 3 N–H and O–H groups in total. The average Bonchev–Trinajstić information content (AvgIpc) is 2.81. The van der Waals surface area contributed by atoms with Crippen molar-refractivity contribution < 1.29 is 4.79 Å². The monoisotopic (exact) mass is 297 g/mol. The fraction of sp³-hybridized carbons (Fsp3) is 0.600. The van der Waals surface area contributed by atoms with Gasteiger partial charge in [-0.05, 0) is 19.8 Å². The van der Waals surface area contributed by atoms with E-state index in [0.29, 0.717) is 6.54 Å². The van der Waals surface area contributed by atoms with E-state index in [2.05, 4.69) is 10.3 Å². The lowest BCUT2D eigenvalue weighted by Crippen LogP contribution is -2.43. The second-order valence-electron chi connectivity index (χ2n) is 4.02.